The van der Waals surface area contributed by atoms with Gasteiger partial charge >= 0.3 is 0 Å². The quantitative estimate of drug-likeness (QED) is 0.533. The molecule has 1 atom stereocenters. The zero-order valence-corrected chi connectivity index (χ0v) is 12.9. The fraction of sp³-hybridized carbons (Fsp3) is 0.556. The topological polar surface area (TPSA) is 15.9 Å². The van der Waals surface area contributed by atoms with E-state index in [0.29, 0.717) is 0 Å². The van der Waals surface area contributed by atoms with E-state index in [1.807, 2.05) is 12.4 Å². The smallest absolute Gasteiger partial charge is 0.165 e. The molecular formula is C18H27N2+. The maximum atomic E-state index is 4.11. The first-order chi connectivity index (χ1) is 9.74. The molecule has 0 spiro atoms. The second-order valence-electron chi connectivity index (χ2n) is 6.01. The van der Waals surface area contributed by atoms with Crippen LogP contribution in [0, 0.1) is 0 Å². The molecule has 2 rings (SSSR count). The van der Waals surface area contributed by atoms with Gasteiger partial charge in [-0.2, -0.15) is 0 Å². The second kappa shape index (κ2) is 7.37. The molecule has 1 aromatic rings. The van der Waals surface area contributed by atoms with E-state index in [2.05, 4.69) is 54.0 Å². The van der Waals surface area contributed by atoms with Gasteiger partial charge in [0.1, 0.15) is 12.8 Å². The summed E-state index contributed by atoms with van der Waals surface area (Å²) >= 11 is 0. The van der Waals surface area contributed by atoms with Gasteiger partial charge in [-0.1, -0.05) is 33.1 Å². The lowest BCUT2D eigenvalue weighted by Gasteiger charge is -2.25. The van der Waals surface area contributed by atoms with Crippen molar-refractivity contribution in [3.05, 3.63) is 42.4 Å². The van der Waals surface area contributed by atoms with Gasteiger partial charge in [0.25, 0.3) is 0 Å². The number of nitrogens with zero attached hydrogens (tertiary/aromatic N) is 2. The van der Waals surface area contributed by atoms with Crippen LogP contribution in [0.15, 0.2) is 36.8 Å². The van der Waals surface area contributed by atoms with Crippen molar-refractivity contribution in [1.29, 1.82) is 0 Å². The van der Waals surface area contributed by atoms with Crippen LogP contribution >= 0.6 is 0 Å². The maximum absolute atomic E-state index is 4.11. The minimum Gasteiger partial charge on any atom is -0.265 e. The Kier molecular flexibility index (Phi) is 5.51. The molecule has 1 unspecified atom stereocenters. The van der Waals surface area contributed by atoms with Gasteiger partial charge in [0.05, 0.1) is 0 Å². The molecule has 2 heterocycles. The van der Waals surface area contributed by atoms with Gasteiger partial charge in [0, 0.05) is 30.7 Å². The highest BCUT2D eigenvalue weighted by molar-refractivity contribution is 5.57. The Balaban J connectivity index is 1.83. The van der Waals surface area contributed by atoms with Gasteiger partial charge < -0.3 is 0 Å². The van der Waals surface area contributed by atoms with Crippen LogP contribution in [0.2, 0.25) is 0 Å². The molecule has 1 aliphatic rings. The summed E-state index contributed by atoms with van der Waals surface area (Å²) in [6.07, 6.45) is 18.5. The van der Waals surface area contributed by atoms with E-state index >= 15 is 0 Å². The minimum absolute atomic E-state index is 0.127. The first-order valence-corrected chi connectivity index (χ1v) is 7.93. The molecule has 20 heavy (non-hydrogen) atoms. The highest BCUT2D eigenvalue weighted by Gasteiger charge is 2.27. The Bertz CT molecular complexity index is 462. The predicted molar refractivity (Wildman–Crippen MR) is 85.3 cm³/mol. The molecule has 2 heteroatoms. The Morgan fingerprint density at radius 3 is 2.55 bits per heavy atom. The van der Waals surface area contributed by atoms with Crippen LogP contribution in [0.5, 0.6) is 0 Å². The van der Waals surface area contributed by atoms with Crippen molar-refractivity contribution in [2.45, 2.75) is 57.8 Å². The van der Waals surface area contributed by atoms with Crippen molar-refractivity contribution < 1.29 is 4.58 Å². The standard InChI is InChI=1S/C18H27N2/c1-3-4-5-6-7-14-20-15-10-18(2,11-16-20)17-8-12-19-13-9-17/h8-10,12-13,15-16H,3-7,11,14H2,1-2H3/q+1. The van der Waals surface area contributed by atoms with Crippen LogP contribution < -0.4 is 0 Å². The lowest BCUT2D eigenvalue weighted by Crippen LogP contribution is -2.26. The Hall–Kier alpha value is -1.44. The lowest BCUT2D eigenvalue weighted by molar-refractivity contribution is -0.456. The number of unbranched alkanes of at least 4 members (excludes halogenated alkanes) is 4. The highest BCUT2D eigenvalue weighted by atomic mass is 15.0. The Morgan fingerprint density at radius 2 is 1.90 bits per heavy atom. The van der Waals surface area contributed by atoms with E-state index in [1.165, 1.54) is 37.7 Å². The van der Waals surface area contributed by atoms with E-state index in [4.69, 9.17) is 0 Å². The zero-order valence-electron chi connectivity index (χ0n) is 12.9. The monoisotopic (exact) mass is 271 g/mol. The van der Waals surface area contributed by atoms with Crippen molar-refractivity contribution in [2.24, 2.45) is 0 Å². The van der Waals surface area contributed by atoms with Crippen LogP contribution in [-0.2, 0) is 5.41 Å². The molecule has 0 N–H and O–H groups in total. The average molecular weight is 271 g/mol. The predicted octanol–water partition coefficient (Wildman–Crippen LogP) is 4.31. The van der Waals surface area contributed by atoms with E-state index in [0.717, 1.165) is 13.0 Å². The third-order valence-corrected chi connectivity index (χ3v) is 4.24. The molecule has 0 aromatic carbocycles. The molecule has 0 amide bonds. The maximum Gasteiger partial charge on any atom is 0.165 e. The summed E-state index contributed by atoms with van der Waals surface area (Å²) in [7, 11) is 0. The van der Waals surface area contributed by atoms with Crippen molar-refractivity contribution in [2.75, 3.05) is 6.54 Å². The Labute approximate surface area is 123 Å². The van der Waals surface area contributed by atoms with Gasteiger partial charge in [0.15, 0.2) is 6.20 Å². The van der Waals surface area contributed by atoms with Crippen molar-refractivity contribution in [3.8, 4) is 0 Å². The first-order valence-electron chi connectivity index (χ1n) is 7.93. The van der Waals surface area contributed by atoms with Gasteiger partial charge in [-0.25, -0.2) is 4.58 Å². The minimum atomic E-state index is 0.127. The van der Waals surface area contributed by atoms with Gasteiger partial charge in [-0.05, 0) is 30.2 Å². The largest absolute Gasteiger partial charge is 0.265 e. The SMILES string of the molecule is CCCCCCC[N+]1=CCC(C)(c2ccncc2)C=C1. The van der Waals surface area contributed by atoms with Crippen LogP contribution in [0.25, 0.3) is 0 Å². The van der Waals surface area contributed by atoms with Gasteiger partial charge in [-0.15, -0.1) is 0 Å². The van der Waals surface area contributed by atoms with Crippen molar-refractivity contribution in [1.82, 2.24) is 4.98 Å². The number of pyridine rings is 1. The van der Waals surface area contributed by atoms with Crippen molar-refractivity contribution >= 4 is 6.21 Å². The third-order valence-electron chi connectivity index (χ3n) is 4.24. The van der Waals surface area contributed by atoms with E-state index in [-0.39, 0.29) is 5.41 Å². The number of allylic oxidation sites excluding steroid dienone is 1. The van der Waals surface area contributed by atoms with Crippen molar-refractivity contribution in [3.63, 3.8) is 0 Å². The molecule has 0 saturated heterocycles. The number of hydrogen-bond donors (Lipinski definition) is 0. The lowest BCUT2D eigenvalue weighted by atomic mass is 9.79. The fourth-order valence-electron chi connectivity index (χ4n) is 2.71. The molecule has 108 valence electrons. The summed E-state index contributed by atoms with van der Waals surface area (Å²) in [4.78, 5) is 4.11. The third kappa shape index (κ3) is 4.03. The molecule has 2 nitrogen and oxygen atoms in total. The second-order valence-corrected chi connectivity index (χ2v) is 6.01. The summed E-state index contributed by atoms with van der Waals surface area (Å²) in [6, 6.07) is 4.25. The number of hydrogen-bond acceptors (Lipinski definition) is 1. The molecule has 0 saturated carbocycles. The van der Waals surface area contributed by atoms with Gasteiger partial charge in [-0.3, -0.25) is 4.98 Å². The van der Waals surface area contributed by atoms with Gasteiger partial charge in [0.2, 0.25) is 0 Å². The summed E-state index contributed by atoms with van der Waals surface area (Å²) in [6.45, 7) is 5.72. The molecular weight excluding hydrogens is 244 g/mol. The molecule has 0 bridgehead atoms. The van der Waals surface area contributed by atoms with Crippen LogP contribution in [0.1, 0.15) is 57.9 Å². The molecule has 0 fully saturated rings. The molecule has 1 aliphatic heterocycles. The normalized spacial score (nSPS) is 21.8. The Morgan fingerprint density at radius 1 is 1.15 bits per heavy atom. The zero-order chi connectivity index (χ0) is 14.3. The summed E-state index contributed by atoms with van der Waals surface area (Å²) in [5.74, 6) is 0. The molecule has 0 radical (unpaired) electrons. The average Bonchev–Trinajstić information content (AvgIpc) is 2.50. The number of rotatable bonds is 7. The van der Waals surface area contributed by atoms with Crippen LogP contribution in [-0.4, -0.2) is 22.3 Å². The van der Waals surface area contributed by atoms with E-state index in [9.17, 15) is 0 Å². The fourth-order valence-corrected chi connectivity index (χ4v) is 2.71. The van der Waals surface area contributed by atoms with Crippen LogP contribution in [0.3, 0.4) is 0 Å². The first kappa shape index (κ1) is 15.0. The summed E-state index contributed by atoms with van der Waals surface area (Å²) < 4.78 is 2.36. The van der Waals surface area contributed by atoms with E-state index < -0.39 is 0 Å². The molecule has 0 aliphatic carbocycles. The highest BCUT2D eigenvalue weighted by Crippen LogP contribution is 2.29. The number of aromatic nitrogens is 1. The summed E-state index contributed by atoms with van der Waals surface area (Å²) in [5, 5.41) is 0. The van der Waals surface area contributed by atoms with Crippen LogP contribution in [0.4, 0.5) is 0 Å². The molecule has 1 aromatic heterocycles. The summed E-state index contributed by atoms with van der Waals surface area (Å²) in [5.41, 5.74) is 1.48. The van der Waals surface area contributed by atoms with E-state index in [1.54, 1.807) is 0 Å².